The highest BCUT2D eigenvalue weighted by atomic mass is 35.5. The molecule has 0 aromatic heterocycles. The maximum atomic E-state index is 9.60. The molecule has 78 valence electrons. The fourth-order valence-corrected chi connectivity index (χ4v) is 1.71. The van der Waals surface area contributed by atoms with E-state index >= 15 is 0 Å². The zero-order chi connectivity index (χ0) is 10.7. The van der Waals surface area contributed by atoms with Gasteiger partial charge in [0, 0.05) is 11.6 Å². The number of benzene rings is 1. The summed E-state index contributed by atoms with van der Waals surface area (Å²) in [5, 5.41) is 10.0. The number of ether oxygens (including phenoxy) is 2. The van der Waals surface area contributed by atoms with E-state index in [-0.39, 0.29) is 5.75 Å². The number of hydrogen-bond donors (Lipinski definition) is 1. The number of rotatable bonds is 3. The lowest BCUT2D eigenvalue weighted by Gasteiger charge is -2.13. The lowest BCUT2D eigenvalue weighted by molar-refractivity contribution is 0.350. The van der Waals surface area contributed by atoms with E-state index in [9.17, 15) is 5.11 Å². The van der Waals surface area contributed by atoms with Gasteiger partial charge in [0.1, 0.15) is 5.75 Å². The van der Waals surface area contributed by atoms with Crippen molar-refractivity contribution in [2.24, 2.45) is 0 Å². The van der Waals surface area contributed by atoms with Gasteiger partial charge in [0.05, 0.1) is 19.2 Å². The normalized spacial score (nSPS) is 10.0. The summed E-state index contributed by atoms with van der Waals surface area (Å²) in [7, 11) is 3.01. The Morgan fingerprint density at radius 1 is 1.36 bits per heavy atom. The fraction of sp³-hybridized carbons (Fsp3) is 0.400. The second-order valence-electron chi connectivity index (χ2n) is 2.78. The monoisotopic (exact) mass is 216 g/mol. The minimum absolute atomic E-state index is 0.134. The second-order valence-corrected chi connectivity index (χ2v) is 3.16. The van der Waals surface area contributed by atoms with Gasteiger partial charge in [-0.1, -0.05) is 18.5 Å². The lowest BCUT2D eigenvalue weighted by atomic mass is 10.1. The quantitative estimate of drug-likeness (QED) is 0.844. The Labute approximate surface area is 88.2 Å². The average Bonchev–Trinajstić information content (AvgIpc) is 2.17. The molecule has 1 aromatic rings. The first kappa shape index (κ1) is 11.0. The highest BCUT2D eigenvalue weighted by Crippen LogP contribution is 2.42. The van der Waals surface area contributed by atoms with E-state index in [0.29, 0.717) is 28.5 Å². The summed E-state index contributed by atoms with van der Waals surface area (Å²) < 4.78 is 10.1. The minimum atomic E-state index is 0.134. The second kappa shape index (κ2) is 4.42. The van der Waals surface area contributed by atoms with Gasteiger partial charge in [-0.3, -0.25) is 0 Å². The lowest BCUT2D eigenvalue weighted by Crippen LogP contribution is -1.94. The van der Waals surface area contributed by atoms with Crippen molar-refractivity contribution in [3.63, 3.8) is 0 Å². The molecular formula is C10H13ClO3. The zero-order valence-corrected chi connectivity index (χ0v) is 9.18. The van der Waals surface area contributed by atoms with Crippen molar-refractivity contribution in [1.82, 2.24) is 0 Å². The van der Waals surface area contributed by atoms with Crippen molar-refractivity contribution in [2.45, 2.75) is 13.3 Å². The summed E-state index contributed by atoms with van der Waals surface area (Å²) in [5.74, 6) is 1.03. The molecule has 0 spiro atoms. The Hall–Kier alpha value is -1.09. The maximum Gasteiger partial charge on any atom is 0.179 e. The first-order valence-corrected chi connectivity index (χ1v) is 4.65. The third-order valence-corrected chi connectivity index (χ3v) is 2.44. The molecule has 14 heavy (non-hydrogen) atoms. The molecular weight excluding hydrogens is 204 g/mol. The van der Waals surface area contributed by atoms with Crippen LogP contribution in [0.5, 0.6) is 17.2 Å². The Kier molecular flexibility index (Phi) is 3.47. The van der Waals surface area contributed by atoms with E-state index in [1.807, 2.05) is 6.92 Å². The Bertz CT molecular complexity index is 337. The van der Waals surface area contributed by atoms with E-state index in [2.05, 4.69) is 0 Å². The topological polar surface area (TPSA) is 38.7 Å². The summed E-state index contributed by atoms with van der Waals surface area (Å²) in [5.41, 5.74) is 0.671. The maximum absolute atomic E-state index is 9.60. The molecule has 0 aliphatic heterocycles. The summed E-state index contributed by atoms with van der Waals surface area (Å²) in [6.45, 7) is 1.91. The smallest absolute Gasteiger partial charge is 0.179 e. The van der Waals surface area contributed by atoms with Gasteiger partial charge in [0.2, 0.25) is 0 Å². The van der Waals surface area contributed by atoms with Gasteiger partial charge >= 0.3 is 0 Å². The van der Waals surface area contributed by atoms with Crippen molar-refractivity contribution < 1.29 is 14.6 Å². The van der Waals surface area contributed by atoms with Crippen LogP contribution in [0, 0.1) is 0 Å². The molecule has 3 nitrogen and oxygen atoms in total. The van der Waals surface area contributed by atoms with Crippen molar-refractivity contribution >= 4 is 11.6 Å². The Morgan fingerprint density at radius 3 is 2.43 bits per heavy atom. The third-order valence-electron chi connectivity index (χ3n) is 2.04. The van der Waals surface area contributed by atoms with E-state index in [1.54, 1.807) is 0 Å². The summed E-state index contributed by atoms with van der Waals surface area (Å²) in [6, 6.07) is 1.50. The molecule has 1 aromatic carbocycles. The molecule has 0 unspecified atom stereocenters. The molecule has 0 atom stereocenters. The standard InChI is InChI=1S/C10H13ClO3/c1-4-6-7(12)5-8(13-2)10(14-3)9(6)11/h5,12H,4H2,1-3H3. The number of halogens is 1. The summed E-state index contributed by atoms with van der Waals surface area (Å²) in [4.78, 5) is 0. The molecule has 0 saturated carbocycles. The molecule has 0 aliphatic rings. The van der Waals surface area contributed by atoms with Crippen molar-refractivity contribution in [1.29, 1.82) is 0 Å². The largest absolute Gasteiger partial charge is 0.507 e. The van der Waals surface area contributed by atoms with Crippen LogP contribution in [0.1, 0.15) is 12.5 Å². The van der Waals surface area contributed by atoms with E-state index in [4.69, 9.17) is 21.1 Å². The van der Waals surface area contributed by atoms with Gasteiger partial charge in [-0.05, 0) is 6.42 Å². The van der Waals surface area contributed by atoms with Crippen LogP contribution in [0.3, 0.4) is 0 Å². The van der Waals surface area contributed by atoms with E-state index < -0.39 is 0 Å². The number of hydrogen-bond acceptors (Lipinski definition) is 3. The predicted octanol–water partition coefficient (Wildman–Crippen LogP) is 2.63. The molecule has 1 N–H and O–H groups in total. The summed E-state index contributed by atoms with van der Waals surface area (Å²) >= 11 is 6.03. The molecule has 1 rings (SSSR count). The highest BCUT2D eigenvalue weighted by molar-refractivity contribution is 6.33. The molecule has 4 heteroatoms. The highest BCUT2D eigenvalue weighted by Gasteiger charge is 2.16. The van der Waals surface area contributed by atoms with Gasteiger partial charge in [0.15, 0.2) is 11.5 Å². The third kappa shape index (κ3) is 1.73. The number of aromatic hydroxyl groups is 1. The van der Waals surface area contributed by atoms with Crippen molar-refractivity contribution in [2.75, 3.05) is 14.2 Å². The number of phenolic OH excluding ortho intramolecular Hbond substituents is 1. The molecule has 0 amide bonds. The van der Waals surface area contributed by atoms with Gasteiger partial charge < -0.3 is 14.6 Å². The van der Waals surface area contributed by atoms with Gasteiger partial charge in [-0.15, -0.1) is 0 Å². The molecule has 0 radical (unpaired) electrons. The van der Waals surface area contributed by atoms with Crippen LogP contribution < -0.4 is 9.47 Å². The first-order valence-electron chi connectivity index (χ1n) is 4.28. The molecule has 0 aliphatic carbocycles. The number of phenols is 1. The fourth-order valence-electron chi connectivity index (χ4n) is 1.31. The Morgan fingerprint density at radius 2 is 2.00 bits per heavy atom. The Balaban J connectivity index is 3.39. The van der Waals surface area contributed by atoms with Gasteiger partial charge in [-0.2, -0.15) is 0 Å². The zero-order valence-electron chi connectivity index (χ0n) is 8.43. The van der Waals surface area contributed by atoms with Crippen LogP contribution in [-0.2, 0) is 6.42 Å². The van der Waals surface area contributed by atoms with Crippen LogP contribution >= 0.6 is 11.6 Å². The van der Waals surface area contributed by atoms with E-state index in [1.165, 1.54) is 20.3 Å². The van der Waals surface area contributed by atoms with Gasteiger partial charge in [0.25, 0.3) is 0 Å². The minimum Gasteiger partial charge on any atom is -0.507 e. The molecule has 0 bridgehead atoms. The predicted molar refractivity (Wildman–Crippen MR) is 55.6 cm³/mol. The molecule has 0 fully saturated rings. The van der Waals surface area contributed by atoms with Crippen molar-refractivity contribution in [3.05, 3.63) is 16.7 Å². The van der Waals surface area contributed by atoms with Crippen LogP contribution in [-0.4, -0.2) is 19.3 Å². The molecule has 0 saturated heterocycles. The van der Waals surface area contributed by atoms with E-state index in [0.717, 1.165) is 0 Å². The summed E-state index contributed by atoms with van der Waals surface area (Å²) in [6.07, 6.45) is 0.644. The van der Waals surface area contributed by atoms with Crippen LogP contribution in [0.15, 0.2) is 6.07 Å². The number of methoxy groups -OCH3 is 2. The van der Waals surface area contributed by atoms with Crippen LogP contribution in [0.4, 0.5) is 0 Å². The van der Waals surface area contributed by atoms with Gasteiger partial charge in [-0.25, -0.2) is 0 Å². The SMILES string of the molecule is CCc1c(O)cc(OC)c(OC)c1Cl. The first-order chi connectivity index (χ1) is 6.65. The van der Waals surface area contributed by atoms with Crippen molar-refractivity contribution in [3.8, 4) is 17.2 Å². The average molecular weight is 217 g/mol. The van der Waals surface area contributed by atoms with Crippen LogP contribution in [0.25, 0.3) is 0 Å². The van der Waals surface area contributed by atoms with Crippen LogP contribution in [0.2, 0.25) is 5.02 Å². The molecule has 0 heterocycles.